The van der Waals surface area contributed by atoms with Gasteiger partial charge in [-0.05, 0) is 182 Å². The Balaban J connectivity index is 0.000000130. The molecule has 628 valence electrons. The molecule has 6 nitrogen and oxygen atoms in total. The van der Waals surface area contributed by atoms with E-state index in [-0.39, 0.29) is 0 Å². The van der Waals surface area contributed by atoms with E-state index in [4.69, 9.17) is 0 Å². The number of aromatic nitrogens is 1. The number of benzene rings is 17. The van der Waals surface area contributed by atoms with Gasteiger partial charge < -0.3 is 22.8 Å². The third-order valence-corrected chi connectivity index (χ3v) is 38.2. The van der Waals surface area contributed by atoms with Crippen molar-refractivity contribution in [3.8, 4) is 33.4 Å². The minimum atomic E-state index is -3.34. The fourth-order valence-electron chi connectivity index (χ4n) is 16.3. The summed E-state index contributed by atoms with van der Waals surface area (Å²) < 4.78 is 111. The molecule has 0 unspecified atom stereocenters. The molecule has 1 aromatic heterocycles. The Morgan fingerprint density at radius 1 is 0.173 bits per heavy atom. The summed E-state index contributed by atoms with van der Waals surface area (Å²) in [6, 6.07) is 142. The van der Waals surface area contributed by atoms with Crippen molar-refractivity contribution < 1.29 is 36.0 Å². The Morgan fingerprint density at radius 2 is 0.323 bits per heavy atom. The molecule has 0 fully saturated rings. The van der Waals surface area contributed by atoms with Crippen LogP contribution in [-0.2, 0) is 22.8 Å². The number of hydrogen-bond acceptors (Lipinski definition) is 6. The van der Waals surface area contributed by atoms with Crippen LogP contribution >= 0.6 is 35.7 Å². The molecular formula is C113H95F3NO5P5. The third-order valence-electron chi connectivity index (χ3n) is 22.2. The molecule has 14 heteroatoms. The first-order chi connectivity index (χ1) is 61.6. The molecule has 0 amide bonds. The summed E-state index contributed by atoms with van der Waals surface area (Å²) in [5.41, 5.74) is 13.7. The molecule has 127 heavy (non-hydrogen) atoms. The van der Waals surface area contributed by atoms with E-state index in [2.05, 4.69) is 144 Å². The van der Waals surface area contributed by atoms with Crippen LogP contribution in [0.1, 0.15) is 33.4 Å². The smallest absolute Gasteiger partial charge is 0.172 e. The lowest BCUT2D eigenvalue weighted by molar-refractivity contribution is 0.591. The van der Waals surface area contributed by atoms with Crippen LogP contribution in [0.15, 0.2) is 467 Å². The molecule has 17 aromatic carbocycles. The summed E-state index contributed by atoms with van der Waals surface area (Å²) in [6.45, 7) is 12.5. The molecule has 1 heterocycles. The van der Waals surface area contributed by atoms with Gasteiger partial charge in [-0.25, -0.2) is 13.2 Å². The van der Waals surface area contributed by atoms with Crippen molar-refractivity contribution in [2.45, 2.75) is 41.5 Å². The zero-order chi connectivity index (χ0) is 89.0. The maximum atomic E-state index is 14.9. The molecule has 0 aliphatic carbocycles. The average molecular weight is 1760 g/mol. The van der Waals surface area contributed by atoms with Gasteiger partial charge in [0.15, 0.2) is 35.7 Å². The largest absolute Gasteiger partial charge is 0.309 e. The maximum absolute atomic E-state index is 14.9. The number of nitrogens with zero attached hydrogens (tertiary/aromatic N) is 1. The molecular weight excluding hydrogens is 1660 g/mol. The minimum Gasteiger partial charge on any atom is -0.309 e. The maximum Gasteiger partial charge on any atom is 0.172 e. The fourth-order valence-corrected chi connectivity index (χ4v) is 30.4. The van der Waals surface area contributed by atoms with Crippen LogP contribution < -0.4 is 79.6 Å². The first kappa shape index (κ1) is 90.1. The monoisotopic (exact) mass is 1760 g/mol. The van der Waals surface area contributed by atoms with Crippen LogP contribution in [0.4, 0.5) is 13.2 Å². The number of pyridine rings is 1. The second-order valence-corrected chi connectivity index (χ2v) is 44.6. The van der Waals surface area contributed by atoms with E-state index < -0.39 is 53.2 Å². The highest BCUT2D eigenvalue weighted by Gasteiger charge is 2.37. The van der Waals surface area contributed by atoms with Crippen molar-refractivity contribution in [2.75, 3.05) is 0 Å². The topological polar surface area (TPSA) is 98.2 Å². The average Bonchev–Trinajstić information content (AvgIpc) is 0.740. The van der Waals surface area contributed by atoms with Crippen LogP contribution in [0.5, 0.6) is 0 Å². The molecule has 0 atom stereocenters. The molecule has 0 N–H and O–H groups in total. The molecule has 0 saturated carbocycles. The number of halogens is 3. The highest BCUT2D eigenvalue weighted by atomic mass is 31.2. The van der Waals surface area contributed by atoms with Crippen molar-refractivity contribution in [1.82, 2.24) is 4.98 Å². The zero-order valence-corrected chi connectivity index (χ0v) is 75.8. The van der Waals surface area contributed by atoms with E-state index in [9.17, 15) is 36.0 Å². The highest BCUT2D eigenvalue weighted by molar-refractivity contribution is 7.87. The number of aryl methyl sites for hydroxylation is 6. The Bertz CT molecular complexity index is 6460. The second kappa shape index (κ2) is 41.3. The Labute approximate surface area is 744 Å². The summed E-state index contributed by atoms with van der Waals surface area (Å²) in [4.78, 5) is 4.03. The highest BCUT2D eigenvalue weighted by Crippen LogP contribution is 2.49. The van der Waals surface area contributed by atoms with Gasteiger partial charge in [-0.3, -0.25) is 4.98 Å². The standard InChI is InChI=1S/C30H23OP.C24H19OP.C24H27OP.C18H12F3OP.C17H14NOP/c31-32(28-14-8-3-9-15-28,29-20-16-26(17-21-29)24-10-4-1-5-11-24)30-22-18-27(19-23-30)25-12-6-2-7-13-25;25-26(22-12-6-2-7-13-22,23-14-8-3-9-15-23)24-18-16-21(17-19-24)20-10-4-1-5-11-20;1-16-12-18(3)23(19(4)13-16)26(25,22-10-8-7-9-11-22)24-20(5)14-17(2)15-21(24)6;19-13-1-7-16(8-2-13)23(22,17-9-3-14(20)4-10-17)18-11-5-15(21)6-12-18;19-20(15-7-3-1-4-8-15,16-9-5-2-6-10-16)17-11-13-18-14-12-17/h1-23H;1-19H;7-15H,1-6H3;1-12H;1-14H. The van der Waals surface area contributed by atoms with Gasteiger partial charge in [0, 0.05) is 92.0 Å². The Kier molecular flexibility index (Phi) is 29.3. The lowest BCUT2D eigenvalue weighted by Crippen LogP contribution is -2.31. The summed E-state index contributed by atoms with van der Waals surface area (Å²) >= 11 is 0. The van der Waals surface area contributed by atoms with Crippen molar-refractivity contribution in [3.05, 3.63) is 518 Å². The number of hydrogen-bond donors (Lipinski definition) is 0. The summed E-state index contributed by atoms with van der Waals surface area (Å²) in [6.07, 6.45) is 3.38. The predicted molar refractivity (Wildman–Crippen MR) is 532 cm³/mol. The molecule has 0 radical (unpaired) electrons. The fraction of sp³-hybridized carbons (Fsp3) is 0.0531. The predicted octanol–water partition coefficient (Wildman–Crippen LogP) is 23.3. The molecule has 18 aromatic rings. The summed E-state index contributed by atoms with van der Waals surface area (Å²) in [7, 11) is -15.0. The van der Waals surface area contributed by atoms with Crippen LogP contribution in [0.25, 0.3) is 33.4 Å². The first-order valence-corrected chi connectivity index (χ1v) is 50.3. The first-order valence-electron chi connectivity index (χ1n) is 41.8. The van der Waals surface area contributed by atoms with Crippen LogP contribution in [0.3, 0.4) is 0 Å². The van der Waals surface area contributed by atoms with Crippen molar-refractivity contribution in [3.63, 3.8) is 0 Å². The van der Waals surface area contributed by atoms with E-state index >= 15 is 0 Å². The van der Waals surface area contributed by atoms with Crippen LogP contribution in [-0.4, -0.2) is 4.98 Å². The third kappa shape index (κ3) is 20.4. The van der Waals surface area contributed by atoms with Gasteiger partial charge in [-0.2, -0.15) is 0 Å². The van der Waals surface area contributed by atoms with E-state index in [1.807, 2.05) is 285 Å². The second-order valence-electron chi connectivity index (χ2n) is 30.9. The van der Waals surface area contributed by atoms with E-state index in [1.165, 1.54) is 83.9 Å². The van der Waals surface area contributed by atoms with Gasteiger partial charge in [0.25, 0.3) is 0 Å². The zero-order valence-electron chi connectivity index (χ0n) is 71.3. The van der Waals surface area contributed by atoms with Gasteiger partial charge in [0.2, 0.25) is 0 Å². The molecule has 0 saturated heterocycles. The Morgan fingerprint density at radius 3 is 0.520 bits per heavy atom. The lowest BCUT2D eigenvalue weighted by Gasteiger charge is -2.27. The van der Waals surface area contributed by atoms with Gasteiger partial charge >= 0.3 is 0 Å². The minimum absolute atomic E-state index is 0.400. The van der Waals surface area contributed by atoms with Gasteiger partial charge in [-0.1, -0.05) is 381 Å². The van der Waals surface area contributed by atoms with Crippen molar-refractivity contribution >= 4 is 115 Å². The van der Waals surface area contributed by atoms with E-state index in [1.54, 1.807) is 12.4 Å². The van der Waals surface area contributed by atoms with Crippen LogP contribution in [0.2, 0.25) is 0 Å². The molecule has 18 rings (SSSR count). The van der Waals surface area contributed by atoms with Gasteiger partial charge in [0.05, 0.1) is 0 Å². The summed E-state index contributed by atoms with van der Waals surface area (Å²) in [5.74, 6) is -1.34. The molecule has 0 aliphatic rings. The number of rotatable bonds is 18. The lowest BCUT2D eigenvalue weighted by atomic mass is 10.1. The van der Waals surface area contributed by atoms with E-state index in [0.717, 1.165) is 119 Å². The van der Waals surface area contributed by atoms with Gasteiger partial charge in [-0.15, -0.1) is 0 Å². The normalized spacial score (nSPS) is 11.3. The van der Waals surface area contributed by atoms with E-state index in [0.29, 0.717) is 15.9 Å². The Hall–Kier alpha value is -13.2. The summed E-state index contributed by atoms with van der Waals surface area (Å²) in [5, 5.41) is 11.7. The van der Waals surface area contributed by atoms with Crippen molar-refractivity contribution in [1.29, 1.82) is 0 Å². The van der Waals surface area contributed by atoms with Crippen LogP contribution in [0, 0.1) is 59.0 Å². The van der Waals surface area contributed by atoms with Crippen molar-refractivity contribution in [2.24, 2.45) is 0 Å². The quantitative estimate of drug-likeness (QED) is 0.0794. The molecule has 0 bridgehead atoms. The molecule has 0 spiro atoms. The molecule has 0 aliphatic heterocycles. The van der Waals surface area contributed by atoms with Gasteiger partial charge in [0.1, 0.15) is 17.5 Å². The SMILES string of the molecule is Cc1cc(C)c(P(=O)(c2ccccc2)c2c(C)cc(C)cc2C)c(C)c1.O=P(c1ccc(F)cc1)(c1ccc(F)cc1)c1ccc(F)cc1.O=P(c1ccccc1)(c1ccc(-c2ccccc2)cc1)c1ccc(-c2ccccc2)cc1.O=P(c1ccccc1)(c1ccccc1)c1ccc(-c2ccccc2)cc1.O=P(c1ccccc1)(c1ccccc1)c1ccncc1.